The second-order valence-electron chi connectivity index (χ2n) is 6.37. The first-order valence-corrected chi connectivity index (χ1v) is 8.11. The fraction of sp³-hybridized carbons (Fsp3) is 0.500. The number of hydrogen-bond acceptors (Lipinski definition) is 2. The zero-order valence-electron chi connectivity index (χ0n) is 12.8. The van der Waals surface area contributed by atoms with Crippen molar-refractivity contribution in [2.75, 3.05) is 6.54 Å². The molecule has 1 aromatic heterocycles. The van der Waals surface area contributed by atoms with Crippen LogP contribution in [0.4, 0.5) is 0 Å². The molecule has 0 saturated heterocycles. The zero-order chi connectivity index (χ0) is 14.5. The minimum atomic E-state index is 0.879. The fourth-order valence-corrected chi connectivity index (χ4v) is 3.14. The molecular weight excluding hydrogens is 258 g/mol. The third kappa shape index (κ3) is 3.94. The summed E-state index contributed by atoms with van der Waals surface area (Å²) in [5.74, 6) is 1.82. The summed E-state index contributed by atoms with van der Waals surface area (Å²) < 4.78 is 1.89. The van der Waals surface area contributed by atoms with Crippen molar-refractivity contribution in [2.24, 2.45) is 11.8 Å². The van der Waals surface area contributed by atoms with Gasteiger partial charge in [0.05, 0.1) is 5.69 Å². The molecule has 3 heteroatoms. The Morgan fingerprint density at radius 1 is 1.14 bits per heavy atom. The fourth-order valence-electron chi connectivity index (χ4n) is 3.14. The first-order valence-electron chi connectivity index (χ1n) is 8.11. The molecule has 0 bridgehead atoms. The van der Waals surface area contributed by atoms with E-state index in [1.807, 2.05) is 16.9 Å². The minimum absolute atomic E-state index is 0.879. The number of aromatic nitrogens is 2. The third-order valence-electron chi connectivity index (χ3n) is 4.60. The van der Waals surface area contributed by atoms with E-state index < -0.39 is 0 Å². The predicted octanol–water partition coefficient (Wildman–Crippen LogP) is 3.79. The molecule has 0 amide bonds. The summed E-state index contributed by atoms with van der Waals surface area (Å²) in [6.45, 7) is 4.50. The van der Waals surface area contributed by atoms with Crippen LogP contribution in [0.3, 0.4) is 0 Å². The van der Waals surface area contributed by atoms with Gasteiger partial charge in [-0.2, -0.15) is 5.10 Å². The molecule has 1 aliphatic carbocycles. The highest BCUT2D eigenvalue weighted by Crippen LogP contribution is 2.27. The van der Waals surface area contributed by atoms with Crippen LogP contribution < -0.4 is 5.32 Å². The monoisotopic (exact) mass is 283 g/mol. The van der Waals surface area contributed by atoms with Crippen molar-refractivity contribution in [1.29, 1.82) is 0 Å². The van der Waals surface area contributed by atoms with Crippen LogP contribution in [-0.2, 0) is 6.54 Å². The Morgan fingerprint density at radius 2 is 1.90 bits per heavy atom. The van der Waals surface area contributed by atoms with Crippen LogP contribution in [0.1, 0.15) is 38.2 Å². The lowest BCUT2D eigenvalue weighted by Crippen LogP contribution is -2.25. The summed E-state index contributed by atoms with van der Waals surface area (Å²) in [6, 6.07) is 10.6. The van der Waals surface area contributed by atoms with Crippen LogP contribution in [0.15, 0.2) is 42.7 Å². The maximum atomic E-state index is 4.25. The smallest absolute Gasteiger partial charge is 0.0645 e. The minimum Gasteiger partial charge on any atom is -0.312 e. The average molecular weight is 283 g/mol. The maximum absolute atomic E-state index is 4.25. The van der Waals surface area contributed by atoms with Gasteiger partial charge in [0.2, 0.25) is 0 Å². The Bertz CT molecular complexity index is 522. The maximum Gasteiger partial charge on any atom is 0.0645 e. The van der Waals surface area contributed by atoms with Gasteiger partial charge in [-0.15, -0.1) is 0 Å². The van der Waals surface area contributed by atoms with Crippen LogP contribution in [-0.4, -0.2) is 16.3 Å². The number of benzene rings is 1. The molecule has 0 atom stereocenters. The summed E-state index contributed by atoms with van der Waals surface area (Å²) in [5.41, 5.74) is 2.46. The summed E-state index contributed by atoms with van der Waals surface area (Å²) in [5, 5.41) is 7.86. The van der Waals surface area contributed by atoms with E-state index in [4.69, 9.17) is 0 Å². The standard InChI is InChI=1S/C18H25N3/c1-15-3-5-16(6-4-15)13-19-14-17-7-9-18(10-8-17)21-12-2-11-20-21/h2,7-12,15-16,19H,3-6,13-14H2,1H3. The van der Waals surface area contributed by atoms with Crippen molar-refractivity contribution in [3.05, 3.63) is 48.3 Å². The van der Waals surface area contributed by atoms with E-state index in [-0.39, 0.29) is 0 Å². The lowest BCUT2D eigenvalue weighted by atomic mass is 9.83. The van der Waals surface area contributed by atoms with E-state index in [0.717, 1.165) is 30.6 Å². The normalized spacial score (nSPS) is 22.3. The SMILES string of the molecule is CC1CCC(CNCc2ccc(-n3cccn3)cc2)CC1. The van der Waals surface area contributed by atoms with Gasteiger partial charge in [-0.1, -0.05) is 31.9 Å². The van der Waals surface area contributed by atoms with E-state index in [2.05, 4.69) is 41.6 Å². The molecule has 3 rings (SSSR count). The highest BCUT2D eigenvalue weighted by molar-refractivity contribution is 5.33. The summed E-state index contributed by atoms with van der Waals surface area (Å²) in [7, 11) is 0. The molecule has 0 unspecified atom stereocenters. The van der Waals surface area contributed by atoms with Gasteiger partial charge in [-0.3, -0.25) is 0 Å². The van der Waals surface area contributed by atoms with Crippen molar-refractivity contribution in [1.82, 2.24) is 15.1 Å². The van der Waals surface area contributed by atoms with Crippen molar-refractivity contribution in [3.8, 4) is 5.69 Å². The van der Waals surface area contributed by atoms with Gasteiger partial charge in [0.1, 0.15) is 0 Å². The quantitative estimate of drug-likeness (QED) is 0.905. The molecule has 21 heavy (non-hydrogen) atoms. The largest absolute Gasteiger partial charge is 0.312 e. The lowest BCUT2D eigenvalue weighted by molar-refractivity contribution is 0.281. The predicted molar refractivity (Wildman–Crippen MR) is 86.4 cm³/mol. The van der Waals surface area contributed by atoms with Crippen LogP contribution in [0.5, 0.6) is 0 Å². The van der Waals surface area contributed by atoms with Crippen LogP contribution in [0.2, 0.25) is 0 Å². The molecule has 1 saturated carbocycles. The topological polar surface area (TPSA) is 29.9 Å². The van der Waals surface area contributed by atoms with Crippen LogP contribution in [0, 0.1) is 11.8 Å². The van der Waals surface area contributed by atoms with E-state index >= 15 is 0 Å². The summed E-state index contributed by atoms with van der Waals surface area (Å²) >= 11 is 0. The molecule has 1 aromatic carbocycles. The number of rotatable bonds is 5. The van der Waals surface area contributed by atoms with Gasteiger partial charge >= 0.3 is 0 Å². The Balaban J connectivity index is 1.45. The van der Waals surface area contributed by atoms with Crippen molar-refractivity contribution < 1.29 is 0 Å². The molecular formula is C18H25N3. The summed E-state index contributed by atoms with van der Waals surface area (Å²) in [6.07, 6.45) is 9.38. The van der Waals surface area contributed by atoms with Gasteiger partial charge in [0.15, 0.2) is 0 Å². The van der Waals surface area contributed by atoms with Crippen LogP contribution in [0.25, 0.3) is 5.69 Å². The number of nitrogens with zero attached hydrogens (tertiary/aromatic N) is 2. The molecule has 3 nitrogen and oxygen atoms in total. The highest BCUT2D eigenvalue weighted by atomic mass is 15.3. The second-order valence-corrected chi connectivity index (χ2v) is 6.37. The van der Waals surface area contributed by atoms with Crippen molar-refractivity contribution >= 4 is 0 Å². The third-order valence-corrected chi connectivity index (χ3v) is 4.60. The Labute approximate surface area is 127 Å². The van der Waals surface area contributed by atoms with Crippen molar-refractivity contribution in [3.63, 3.8) is 0 Å². The molecule has 2 aromatic rings. The van der Waals surface area contributed by atoms with Gasteiger partial charge in [-0.25, -0.2) is 4.68 Å². The van der Waals surface area contributed by atoms with E-state index in [9.17, 15) is 0 Å². The van der Waals surface area contributed by atoms with E-state index in [1.54, 1.807) is 6.20 Å². The Morgan fingerprint density at radius 3 is 2.57 bits per heavy atom. The van der Waals surface area contributed by atoms with Gasteiger partial charge < -0.3 is 5.32 Å². The number of nitrogens with one attached hydrogen (secondary N) is 1. The average Bonchev–Trinajstić information content (AvgIpc) is 3.04. The van der Waals surface area contributed by atoms with Crippen molar-refractivity contribution in [2.45, 2.75) is 39.2 Å². The molecule has 0 radical (unpaired) electrons. The Kier molecular flexibility index (Phi) is 4.71. The first-order chi connectivity index (χ1) is 10.3. The van der Waals surface area contributed by atoms with E-state index in [0.29, 0.717) is 0 Å². The molecule has 0 aliphatic heterocycles. The molecule has 1 heterocycles. The highest BCUT2D eigenvalue weighted by Gasteiger charge is 2.17. The molecule has 1 fully saturated rings. The van der Waals surface area contributed by atoms with Crippen LogP contribution >= 0.6 is 0 Å². The summed E-state index contributed by atoms with van der Waals surface area (Å²) in [4.78, 5) is 0. The number of hydrogen-bond donors (Lipinski definition) is 1. The molecule has 1 N–H and O–H groups in total. The molecule has 0 spiro atoms. The molecule has 112 valence electrons. The van der Waals surface area contributed by atoms with Gasteiger partial charge in [-0.05, 0) is 55.0 Å². The lowest BCUT2D eigenvalue weighted by Gasteiger charge is -2.26. The van der Waals surface area contributed by atoms with Gasteiger partial charge in [0.25, 0.3) is 0 Å². The first kappa shape index (κ1) is 14.3. The molecule has 1 aliphatic rings. The Hall–Kier alpha value is -1.61. The second kappa shape index (κ2) is 6.90. The zero-order valence-corrected chi connectivity index (χ0v) is 12.8. The van der Waals surface area contributed by atoms with Gasteiger partial charge in [0, 0.05) is 18.9 Å². The van der Waals surface area contributed by atoms with E-state index in [1.165, 1.54) is 31.2 Å².